The van der Waals surface area contributed by atoms with Gasteiger partial charge in [0.15, 0.2) is 0 Å². The van der Waals surface area contributed by atoms with Gasteiger partial charge in [0.05, 0.1) is 6.04 Å². The van der Waals surface area contributed by atoms with Crippen LogP contribution in [0.5, 0.6) is 0 Å². The molecule has 0 radical (unpaired) electrons. The molecule has 1 unspecified atom stereocenters. The zero-order valence-electron chi connectivity index (χ0n) is 12.7. The average molecular weight is 300 g/mol. The van der Waals surface area contributed by atoms with E-state index in [2.05, 4.69) is 42.7 Å². The molecule has 1 heterocycles. The molecular formula is C18H24N2S. The number of aryl methyl sites for hydroxylation is 3. The topological polar surface area (TPSA) is 38.0 Å². The van der Waals surface area contributed by atoms with E-state index in [0.717, 1.165) is 6.42 Å². The van der Waals surface area contributed by atoms with E-state index < -0.39 is 0 Å². The number of thiophene rings is 1. The zero-order chi connectivity index (χ0) is 14.7. The zero-order valence-corrected chi connectivity index (χ0v) is 13.5. The average Bonchev–Trinajstić information content (AvgIpc) is 2.75. The second-order valence-corrected chi connectivity index (χ2v) is 7.24. The van der Waals surface area contributed by atoms with E-state index in [1.165, 1.54) is 48.1 Å². The van der Waals surface area contributed by atoms with Gasteiger partial charge in [0.1, 0.15) is 0 Å². The van der Waals surface area contributed by atoms with Crippen LogP contribution < -0.4 is 11.3 Å². The minimum atomic E-state index is 0.226. The van der Waals surface area contributed by atoms with Crippen molar-refractivity contribution >= 4 is 11.3 Å². The predicted octanol–water partition coefficient (Wildman–Crippen LogP) is 4.07. The lowest BCUT2D eigenvalue weighted by Gasteiger charge is -2.14. The Kier molecular flexibility index (Phi) is 4.73. The van der Waals surface area contributed by atoms with Gasteiger partial charge in [-0.15, -0.1) is 11.3 Å². The van der Waals surface area contributed by atoms with E-state index in [4.69, 9.17) is 5.84 Å². The highest BCUT2D eigenvalue weighted by Crippen LogP contribution is 2.33. The molecule has 112 valence electrons. The quantitative estimate of drug-likeness (QED) is 0.507. The first-order valence-electron chi connectivity index (χ1n) is 7.89. The first kappa shape index (κ1) is 14.8. The van der Waals surface area contributed by atoms with Crippen LogP contribution in [0.3, 0.4) is 0 Å². The monoisotopic (exact) mass is 300 g/mol. The third-order valence-electron chi connectivity index (χ3n) is 4.33. The first-order valence-corrected chi connectivity index (χ1v) is 8.71. The van der Waals surface area contributed by atoms with E-state index in [9.17, 15) is 0 Å². The molecule has 1 aromatic heterocycles. The van der Waals surface area contributed by atoms with Crippen LogP contribution in [0.1, 0.15) is 51.7 Å². The number of hydrogen-bond donors (Lipinski definition) is 2. The maximum Gasteiger partial charge on any atom is 0.0593 e. The number of nitrogens with two attached hydrogens (primary N) is 1. The van der Waals surface area contributed by atoms with Gasteiger partial charge in [-0.2, -0.15) is 0 Å². The van der Waals surface area contributed by atoms with Crippen LogP contribution in [0.25, 0.3) is 0 Å². The molecule has 3 heteroatoms. The lowest BCUT2D eigenvalue weighted by molar-refractivity contribution is 0.560. The SMILES string of the molecule is Cc1cccc(CC(NN)c2cc3c(s2)CCCCC3)c1. The second kappa shape index (κ2) is 6.73. The summed E-state index contributed by atoms with van der Waals surface area (Å²) in [6.45, 7) is 2.14. The fourth-order valence-electron chi connectivity index (χ4n) is 3.18. The Morgan fingerprint density at radius 1 is 1.19 bits per heavy atom. The van der Waals surface area contributed by atoms with E-state index >= 15 is 0 Å². The van der Waals surface area contributed by atoms with Crippen LogP contribution in [0.2, 0.25) is 0 Å². The number of fused-ring (bicyclic) bond motifs is 1. The van der Waals surface area contributed by atoms with Crippen molar-refractivity contribution in [3.63, 3.8) is 0 Å². The highest BCUT2D eigenvalue weighted by molar-refractivity contribution is 7.12. The minimum absolute atomic E-state index is 0.226. The molecular weight excluding hydrogens is 276 g/mol. The molecule has 0 bridgehead atoms. The summed E-state index contributed by atoms with van der Waals surface area (Å²) >= 11 is 1.96. The summed E-state index contributed by atoms with van der Waals surface area (Å²) < 4.78 is 0. The van der Waals surface area contributed by atoms with Crippen molar-refractivity contribution in [2.24, 2.45) is 5.84 Å². The summed E-state index contributed by atoms with van der Waals surface area (Å²) in [5, 5.41) is 0. The molecule has 1 aliphatic rings. The number of hydrazine groups is 1. The van der Waals surface area contributed by atoms with Gasteiger partial charge in [0.25, 0.3) is 0 Å². The van der Waals surface area contributed by atoms with E-state index in [1.807, 2.05) is 11.3 Å². The molecule has 21 heavy (non-hydrogen) atoms. The number of hydrogen-bond acceptors (Lipinski definition) is 3. The van der Waals surface area contributed by atoms with Crippen LogP contribution in [0.4, 0.5) is 0 Å². The molecule has 3 N–H and O–H groups in total. The van der Waals surface area contributed by atoms with E-state index in [0.29, 0.717) is 0 Å². The molecule has 2 aromatic rings. The van der Waals surface area contributed by atoms with Gasteiger partial charge in [-0.1, -0.05) is 36.2 Å². The lowest BCUT2D eigenvalue weighted by Crippen LogP contribution is -2.29. The smallest absolute Gasteiger partial charge is 0.0593 e. The van der Waals surface area contributed by atoms with Crippen LogP contribution in [-0.2, 0) is 19.3 Å². The van der Waals surface area contributed by atoms with Gasteiger partial charge >= 0.3 is 0 Å². The summed E-state index contributed by atoms with van der Waals surface area (Å²) in [5.41, 5.74) is 7.25. The normalized spacial score (nSPS) is 16.3. The molecule has 0 saturated heterocycles. The fraction of sp³-hybridized carbons (Fsp3) is 0.444. The van der Waals surface area contributed by atoms with Gasteiger partial charge in [-0.3, -0.25) is 11.3 Å². The van der Waals surface area contributed by atoms with Gasteiger partial charge < -0.3 is 0 Å². The van der Waals surface area contributed by atoms with Crippen molar-refractivity contribution in [3.05, 3.63) is 56.8 Å². The molecule has 3 rings (SSSR count). The van der Waals surface area contributed by atoms with Crippen molar-refractivity contribution in [2.45, 2.75) is 51.5 Å². The first-order chi connectivity index (χ1) is 10.3. The molecule has 0 saturated carbocycles. The summed E-state index contributed by atoms with van der Waals surface area (Å²) in [7, 11) is 0. The molecule has 0 aliphatic heterocycles. The maximum absolute atomic E-state index is 5.84. The standard InChI is InChI=1S/C18H24N2S/c1-13-6-5-7-14(10-13)11-16(20-19)18-12-15-8-3-2-4-9-17(15)21-18/h5-7,10,12,16,20H,2-4,8-9,11,19H2,1H3. The Hall–Kier alpha value is -1.16. The van der Waals surface area contributed by atoms with Gasteiger partial charge in [0.2, 0.25) is 0 Å². The Morgan fingerprint density at radius 2 is 2.05 bits per heavy atom. The van der Waals surface area contributed by atoms with Crippen LogP contribution in [0, 0.1) is 6.92 Å². The molecule has 1 atom stereocenters. The van der Waals surface area contributed by atoms with E-state index in [-0.39, 0.29) is 6.04 Å². The van der Waals surface area contributed by atoms with E-state index in [1.54, 1.807) is 10.4 Å². The molecule has 0 fully saturated rings. The van der Waals surface area contributed by atoms with Crippen molar-refractivity contribution in [2.75, 3.05) is 0 Å². The van der Waals surface area contributed by atoms with Crippen molar-refractivity contribution in [3.8, 4) is 0 Å². The third kappa shape index (κ3) is 3.54. The largest absolute Gasteiger partial charge is 0.271 e. The van der Waals surface area contributed by atoms with Gasteiger partial charge in [-0.05, 0) is 56.2 Å². The van der Waals surface area contributed by atoms with Crippen LogP contribution >= 0.6 is 11.3 Å². The summed E-state index contributed by atoms with van der Waals surface area (Å²) in [6, 6.07) is 11.3. The highest BCUT2D eigenvalue weighted by Gasteiger charge is 2.18. The minimum Gasteiger partial charge on any atom is -0.271 e. The van der Waals surface area contributed by atoms with Gasteiger partial charge in [0, 0.05) is 9.75 Å². The van der Waals surface area contributed by atoms with Crippen LogP contribution in [0.15, 0.2) is 30.3 Å². The Morgan fingerprint density at radius 3 is 2.86 bits per heavy atom. The second-order valence-electron chi connectivity index (χ2n) is 6.07. The summed E-state index contributed by atoms with van der Waals surface area (Å²) in [4.78, 5) is 2.98. The molecule has 1 aromatic carbocycles. The Labute approximate surface area is 131 Å². The Balaban J connectivity index is 1.80. The Bertz CT molecular complexity index is 580. The third-order valence-corrected chi connectivity index (χ3v) is 5.68. The number of rotatable bonds is 4. The number of benzene rings is 1. The maximum atomic E-state index is 5.84. The molecule has 0 amide bonds. The summed E-state index contributed by atoms with van der Waals surface area (Å²) in [5.74, 6) is 5.84. The van der Waals surface area contributed by atoms with Crippen molar-refractivity contribution < 1.29 is 0 Å². The predicted molar refractivity (Wildman–Crippen MR) is 90.5 cm³/mol. The van der Waals surface area contributed by atoms with Crippen molar-refractivity contribution in [1.29, 1.82) is 0 Å². The highest BCUT2D eigenvalue weighted by atomic mass is 32.1. The van der Waals surface area contributed by atoms with Gasteiger partial charge in [-0.25, -0.2) is 0 Å². The van der Waals surface area contributed by atoms with Crippen LogP contribution in [-0.4, -0.2) is 0 Å². The number of nitrogens with one attached hydrogen (secondary N) is 1. The fourth-order valence-corrected chi connectivity index (χ4v) is 4.50. The van der Waals surface area contributed by atoms with Crippen molar-refractivity contribution in [1.82, 2.24) is 5.43 Å². The molecule has 2 nitrogen and oxygen atoms in total. The molecule has 1 aliphatic carbocycles. The molecule has 0 spiro atoms. The lowest BCUT2D eigenvalue weighted by atomic mass is 10.0. The summed E-state index contributed by atoms with van der Waals surface area (Å²) in [6.07, 6.45) is 7.50.